The number of aliphatic carboxylic acids is 1. The number of carboxylic acids is 1. The number of fused-ring (bicyclic) bond motifs is 1. The Morgan fingerprint density at radius 1 is 1.07 bits per heavy atom. The zero-order valence-corrected chi connectivity index (χ0v) is 19.4. The summed E-state index contributed by atoms with van der Waals surface area (Å²) in [5.74, 6) is -4.19. The molecule has 0 aromatic heterocycles. The van der Waals surface area contributed by atoms with Gasteiger partial charge in [-0.15, -0.1) is 0 Å². The van der Waals surface area contributed by atoms with Gasteiger partial charge in [0.25, 0.3) is 0 Å². The maximum atomic E-state index is 12.5. The first kappa shape index (κ1) is 24.1. The number of β-lactam (4-membered cyclic amide) rings is 1. The van der Waals surface area contributed by atoms with Crippen LogP contribution < -0.4 is 34.7 Å². The third kappa shape index (κ3) is 4.06. The smallest absolute Gasteiger partial charge is 0.550 e. The van der Waals surface area contributed by atoms with E-state index in [9.17, 15) is 32.7 Å². The summed E-state index contributed by atoms with van der Waals surface area (Å²) < 4.78 is 33.3. The maximum absolute atomic E-state index is 12.5. The molecule has 2 aliphatic heterocycles. The Morgan fingerprint density at radius 3 is 2.10 bits per heavy atom. The molecule has 156 valence electrons. The van der Waals surface area contributed by atoms with Gasteiger partial charge in [0.05, 0.1) is 17.1 Å². The molecule has 1 amide bonds. The quantitative estimate of drug-likeness (QED) is 0.180. The van der Waals surface area contributed by atoms with Gasteiger partial charge in [0.15, 0.2) is 9.84 Å². The Kier molecular flexibility index (Phi) is 7.08. The number of carbonyl (C=O) groups excluding carboxylic acids is 4. The number of esters is 2. The molecule has 12 heteroatoms. The number of ether oxygens (including phenoxy) is 2. The van der Waals surface area contributed by atoms with E-state index in [1.54, 1.807) is 0 Å². The van der Waals surface area contributed by atoms with Gasteiger partial charge in [0.2, 0.25) is 12.7 Å². The molecule has 0 aromatic rings. The van der Waals surface area contributed by atoms with Gasteiger partial charge in [-0.1, -0.05) is 0 Å². The summed E-state index contributed by atoms with van der Waals surface area (Å²) in [5.41, 5.74) is 0. The molecule has 1 aliphatic carbocycles. The van der Waals surface area contributed by atoms with E-state index < -0.39 is 68.4 Å². The summed E-state index contributed by atoms with van der Waals surface area (Å²) in [6.45, 7) is 2.03. The van der Waals surface area contributed by atoms with Crippen LogP contribution in [0, 0.1) is 11.8 Å². The summed E-state index contributed by atoms with van der Waals surface area (Å²) in [5, 5.41) is 9.80. The summed E-state index contributed by atoms with van der Waals surface area (Å²) in [6.07, 6.45) is 1.15. The van der Waals surface area contributed by atoms with Gasteiger partial charge in [-0.05, 0) is 45.4 Å². The Labute approximate surface area is 190 Å². The van der Waals surface area contributed by atoms with Gasteiger partial charge in [-0.25, -0.2) is 13.2 Å². The van der Waals surface area contributed by atoms with Crippen LogP contribution in [0.3, 0.4) is 0 Å². The monoisotopic (exact) mass is 439 g/mol. The van der Waals surface area contributed by atoms with Crippen LogP contribution in [-0.4, -0.2) is 60.1 Å². The molecule has 3 aliphatic rings. The predicted octanol–water partition coefficient (Wildman–Crippen LogP) is -4.28. The fourth-order valence-electron chi connectivity index (χ4n) is 4.12. The van der Waals surface area contributed by atoms with Crippen molar-refractivity contribution in [2.24, 2.45) is 11.8 Å². The number of carbonyl (C=O) groups is 4. The van der Waals surface area contributed by atoms with Gasteiger partial charge in [0.1, 0.15) is 11.4 Å². The van der Waals surface area contributed by atoms with E-state index in [-0.39, 0.29) is 36.0 Å². The topological polar surface area (TPSA) is 147 Å². The number of amides is 1. The van der Waals surface area contributed by atoms with Crippen molar-refractivity contribution in [1.29, 1.82) is 0 Å². The third-order valence-corrected chi connectivity index (χ3v) is 8.80. The third-order valence-electron chi connectivity index (χ3n) is 6.00. The fourth-order valence-corrected chi connectivity index (χ4v) is 6.24. The van der Waals surface area contributed by atoms with Gasteiger partial charge in [0, 0.05) is 5.97 Å². The van der Waals surface area contributed by atoms with E-state index in [0.29, 0.717) is 25.7 Å². The number of hydrogen-bond acceptors (Lipinski definition) is 9. The van der Waals surface area contributed by atoms with Crippen LogP contribution >= 0.6 is 0 Å². The van der Waals surface area contributed by atoms with E-state index in [1.807, 2.05) is 0 Å². The van der Waals surface area contributed by atoms with Crippen LogP contribution in [0.1, 0.15) is 46.0 Å². The van der Waals surface area contributed by atoms with Crippen LogP contribution in [0.2, 0.25) is 0 Å². The molecule has 0 aromatic carbocycles. The van der Waals surface area contributed by atoms with Crippen molar-refractivity contribution in [3.8, 4) is 0 Å². The summed E-state index contributed by atoms with van der Waals surface area (Å²) in [4.78, 5) is 48.1. The minimum Gasteiger partial charge on any atom is -0.550 e. The molecule has 0 spiro atoms. The van der Waals surface area contributed by atoms with Crippen LogP contribution in [0.4, 0.5) is 0 Å². The first-order chi connectivity index (χ1) is 13.0. The second-order valence-electron chi connectivity index (χ2n) is 7.92. The zero-order valence-electron chi connectivity index (χ0n) is 16.6. The van der Waals surface area contributed by atoms with E-state index >= 15 is 0 Å². The first-order valence-electron chi connectivity index (χ1n) is 9.07. The van der Waals surface area contributed by atoms with Crippen LogP contribution in [0.15, 0.2) is 0 Å². The van der Waals surface area contributed by atoms with Crippen molar-refractivity contribution >= 4 is 33.7 Å². The molecular weight excluding hydrogens is 417 g/mol. The van der Waals surface area contributed by atoms with Crippen LogP contribution in [-0.2, 0) is 38.5 Å². The molecule has 29 heavy (non-hydrogen) atoms. The van der Waals surface area contributed by atoms with Gasteiger partial charge >= 0.3 is 41.5 Å². The summed E-state index contributed by atoms with van der Waals surface area (Å²) in [7, 11) is -3.72. The van der Waals surface area contributed by atoms with E-state index in [4.69, 9.17) is 9.47 Å². The fraction of sp³-hybridized carbons (Fsp3) is 0.765. The van der Waals surface area contributed by atoms with Crippen molar-refractivity contribution in [1.82, 2.24) is 4.90 Å². The number of nitrogens with zero attached hydrogens (tertiary/aromatic N) is 1. The number of carboxylic acid groups (broad SMARTS) is 1. The number of rotatable bonds is 5. The first-order valence-corrected chi connectivity index (χ1v) is 10.6. The minimum absolute atomic E-state index is 0. The molecule has 2 heterocycles. The molecule has 2 atom stereocenters. The van der Waals surface area contributed by atoms with Crippen molar-refractivity contribution in [2.45, 2.75) is 62.1 Å². The Balaban J connectivity index is 0.00000300. The van der Waals surface area contributed by atoms with Gasteiger partial charge < -0.3 is 24.3 Å². The molecule has 10 nitrogen and oxygen atoms in total. The Bertz CT molecular complexity index is 817. The Hall–Kier alpha value is -1.17. The molecule has 0 unspecified atom stereocenters. The van der Waals surface area contributed by atoms with Crippen LogP contribution in [0.25, 0.3) is 0 Å². The Morgan fingerprint density at radius 2 is 1.59 bits per heavy atom. The van der Waals surface area contributed by atoms with E-state index in [0.717, 1.165) is 4.90 Å². The second kappa shape index (κ2) is 8.52. The molecule has 1 saturated carbocycles. The maximum Gasteiger partial charge on any atom is 1.00 e. The van der Waals surface area contributed by atoms with Gasteiger partial charge in [-0.3, -0.25) is 9.59 Å². The number of hydrogen-bond donors (Lipinski definition) is 0. The van der Waals surface area contributed by atoms with Gasteiger partial charge in [-0.2, -0.15) is 0 Å². The van der Waals surface area contributed by atoms with Crippen LogP contribution in [0.5, 0.6) is 0 Å². The zero-order chi connectivity index (χ0) is 20.9. The largest absolute Gasteiger partial charge is 1.00 e. The predicted molar refractivity (Wildman–Crippen MR) is 89.5 cm³/mol. The normalized spacial score (nSPS) is 31.7. The molecule has 3 rings (SSSR count). The molecular formula is C17H22NNaO9S. The summed E-state index contributed by atoms with van der Waals surface area (Å²) >= 11 is 0. The van der Waals surface area contributed by atoms with Crippen molar-refractivity contribution < 1.29 is 71.7 Å². The molecule has 0 N–H and O–H groups in total. The molecule has 0 bridgehead atoms. The summed E-state index contributed by atoms with van der Waals surface area (Å²) in [6, 6.07) is -1.29. The van der Waals surface area contributed by atoms with Crippen molar-refractivity contribution in [2.75, 3.05) is 6.79 Å². The molecule has 0 radical (unpaired) electrons. The van der Waals surface area contributed by atoms with E-state index in [1.165, 1.54) is 13.8 Å². The van der Waals surface area contributed by atoms with E-state index in [2.05, 4.69) is 0 Å². The SMILES string of the molecule is CC1(C)[C@H](C(=O)OCOC(=O)[C@H]2CC[C@H](C(=O)[O-])CC2)N2C(=O)C[C@H]2S1(=O)=O.[Na+]. The second-order valence-corrected chi connectivity index (χ2v) is 10.6. The number of sulfone groups is 1. The average Bonchev–Trinajstić information content (AvgIpc) is 2.75. The standard InChI is InChI=1S/C17H23NO9S.Na/c1-17(2)13(18-11(19)7-12(18)28(17,24)25)16(23)27-8-26-15(22)10-5-3-9(4-6-10)14(20)21;/h9-10,12-13H,3-8H2,1-2H3,(H,20,21);/q;+1/p-1/t9-,10-,12-,13+;/m1./s1. The average molecular weight is 439 g/mol. The molecule has 2 saturated heterocycles. The molecule has 3 fully saturated rings. The minimum atomic E-state index is -3.72. The van der Waals surface area contributed by atoms with Crippen molar-refractivity contribution in [3.63, 3.8) is 0 Å². The van der Waals surface area contributed by atoms with Crippen molar-refractivity contribution in [3.05, 3.63) is 0 Å².